The van der Waals surface area contributed by atoms with E-state index in [1.54, 1.807) is 0 Å². The molecule has 1 saturated heterocycles. The number of sulfone groups is 1. The molecule has 20 heavy (non-hydrogen) atoms. The van der Waals surface area contributed by atoms with Crippen molar-refractivity contribution in [1.82, 2.24) is 9.88 Å². The van der Waals surface area contributed by atoms with Crippen LogP contribution in [0.15, 0.2) is 18.3 Å². The van der Waals surface area contributed by atoms with Crippen molar-refractivity contribution in [3.05, 3.63) is 23.9 Å². The lowest BCUT2D eigenvalue weighted by Crippen LogP contribution is -2.28. The second-order valence-electron chi connectivity index (χ2n) is 5.68. The van der Waals surface area contributed by atoms with Crippen LogP contribution in [-0.4, -0.2) is 56.5 Å². The zero-order valence-corrected chi connectivity index (χ0v) is 13.0. The number of aryl methyl sites for hydroxylation is 1. The summed E-state index contributed by atoms with van der Waals surface area (Å²) in [5, 5.41) is 3.36. The Hall–Kier alpha value is -1.14. The Balaban J connectivity index is 1.73. The molecule has 1 N–H and O–H groups in total. The average molecular weight is 297 g/mol. The van der Waals surface area contributed by atoms with Gasteiger partial charge in [-0.15, -0.1) is 0 Å². The van der Waals surface area contributed by atoms with E-state index in [9.17, 15) is 8.42 Å². The summed E-state index contributed by atoms with van der Waals surface area (Å²) in [6.07, 6.45) is 4.22. The van der Waals surface area contributed by atoms with Crippen molar-refractivity contribution in [1.29, 1.82) is 0 Å². The van der Waals surface area contributed by atoms with E-state index in [-0.39, 0.29) is 5.75 Å². The number of hydrogen-bond acceptors (Lipinski definition) is 5. The van der Waals surface area contributed by atoms with Gasteiger partial charge in [0.2, 0.25) is 0 Å². The molecule has 112 valence electrons. The molecule has 1 fully saturated rings. The Morgan fingerprint density at radius 3 is 3.00 bits per heavy atom. The quantitative estimate of drug-likeness (QED) is 0.854. The van der Waals surface area contributed by atoms with Gasteiger partial charge in [-0.1, -0.05) is 0 Å². The fourth-order valence-electron chi connectivity index (χ4n) is 2.46. The van der Waals surface area contributed by atoms with E-state index in [0.717, 1.165) is 31.9 Å². The van der Waals surface area contributed by atoms with Crippen molar-refractivity contribution in [2.45, 2.75) is 13.3 Å². The molecule has 0 spiro atoms. The largest absolute Gasteiger partial charge is 0.370 e. The third kappa shape index (κ3) is 5.09. The fourth-order valence-corrected chi connectivity index (χ4v) is 3.05. The van der Waals surface area contributed by atoms with Crippen molar-refractivity contribution >= 4 is 15.7 Å². The number of likely N-dealkylation sites (tertiary alicyclic amines) is 1. The molecule has 1 aliphatic rings. The minimum absolute atomic E-state index is 0.257. The zero-order valence-electron chi connectivity index (χ0n) is 12.2. The van der Waals surface area contributed by atoms with Crippen molar-refractivity contribution in [2.24, 2.45) is 5.92 Å². The lowest BCUT2D eigenvalue weighted by molar-refractivity contribution is 0.345. The maximum absolute atomic E-state index is 11.2. The number of hydrogen-bond donors (Lipinski definition) is 1. The molecule has 0 saturated carbocycles. The van der Waals surface area contributed by atoms with Crippen LogP contribution < -0.4 is 5.32 Å². The smallest absolute Gasteiger partial charge is 0.148 e. The maximum atomic E-state index is 11.2. The number of nitrogens with zero attached hydrogens (tertiary/aromatic N) is 2. The second-order valence-corrected chi connectivity index (χ2v) is 7.94. The molecule has 0 amide bonds. The Labute approximate surface area is 121 Å². The van der Waals surface area contributed by atoms with E-state index in [1.165, 1.54) is 11.8 Å². The van der Waals surface area contributed by atoms with Gasteiger partial charge in [0.25, 0.3) is 0 Å². The molecule has 0 aromatic carbocycles. The number of rotatable bonds is 6. The van der Waals surface area contributed by atoms with Crippen LogP contribution >= 0.6 is 0 Å². The molecular weight excluding hydrogens is 274 g/mol. The van der Waals surface area contributed by atoms with Crippen molar-refractivity contribution in [3.8, 4) is 0 Å². The minimum atomic E-state index is -2.86. The second kappa shape index (κ2) is 6.54. The highest BCUT2D eigenvalue weighted by Gasteiger charge is 2.22. The molecule has 1 aromatic heterocycles. The molecule has 1 aliphatic heterocycles. The van der Waals surface area contributed by atoms with Crippen LogP contribution in [0.3, 0.4) is 0 Å². The Morgan fingerprint density at radius 1 is 1.50 bits per heavy atom. The molecule has 2 rings (SSSR count). The summed E-state index contributed by atoms with van der Waals surface area (Å²) in [4.78, 5) is 6.52. The SMILES string of the molecule is Cc1ccnc(NC[C@@H]2CCN(CCS(C)(=O)=O)C2)c1. The first-order valence-corrected chi connectivity index (χ1v) is 9.05. The van der Waals surface area contributed by atoms with E-state index >= 15 is 0 Å². The Bertz CT molecular complexity index is 545. The van der Waals surface area contributed by atoms with Gasteiger partial charge in [-0.2, -0.15) is 0 Å². The van der Waals surface area contributed by atoms with Crippen LogP contribution in [0.2, 0.25) is 0 Å². The topological polar surface area (TPSA) is 62.3 Å². The number of anilines is 1. The molecule has 0 radical (unpaired) electrons. The highest BCUT2D eigenvalue weighted by molar-refractivity contribution is 7.90. The van der Waals surface area contributed by atoms with E-state index < -0.39 is 9.84 Å². The first kappa shape index (κ1) is 15.3. The van der Waals surface area contributed by atoms with Gasteiger partial charge in [0.1, 0.15) is 15.7 Å². The van der Waals surface area contributed by atoms with Crippen molar-refractivity contribution in [3.63, 3.8) is 0 Å². The molecule has 5 nitrogen and oxygen atoms in total. The third-order valence-electron chi connectivity index (χ3n) is 3.64. The van der Waals surface area contributed by atoms with Crippen LogP contribution in [0, 0.1) is 12.8 Å². The van der Waals surface area contributed by atoms with Gasteiger partial charge in [-0.05, 0) is 43.5 Å². The zero-order chi connectivity index (χ0) is 14.6. The Morgan fingerprint density at radius 2 is 2.30 bits per heavy atom. The molecule has 0 unspecified atom stereocenters. The van der Waals surface area contributed by atoms with Gasteiger partial charge in [0, 0.05) is 32.1 Å². The molecule has 6 heteroatoms. The number of aromatic nitrogens is 1. The summed E-state index contributed by atoms with van der Waals surface area (Å²) in [6.45, 7) is 5.55. The van der Waals surface area contributed by atoms with Crippen molar-refractivity contribution in [2.75, 3.05) is 43.5 Å². The normalized spacial score (nSPS) is 20.2. The average Bonchev–Trinajstić information content (AvgIpc) is 2.81. The summed E-state index contributed by atoms with van der Waals surface area (Å²) >= 11 is 0. The van der Waals surface area contributed by atoms with Crippen LogP contribution in [0.1, 0.15) is 12.0 Å². The first-order chi connectivity index (χ1) is 9.42. The predicted molar refractivity (Wildman–Crippen MR) is 81.7 cm³/mol. The monoisotopic (exact) mass is 297 g/mol. The molecule has 1 aromatic rings. The van der Waals surface area contributed by atoms with Gasteiger partial charge in [-0.25, -0.2) is 13.4 Å². The van der Waals surface area contributed by atoms with Crippen LogP contribution in [0.5, 0.6) is 0 Å². The lowest BCUT2D eigenvalue weighted by atomic mass is 10.1. The summed E-state index contributed by atoms with van der Waals surface area (Å²) in [5.74, 6) is 1.74. The first-order valence-electron chi connectivity index (χ1n) is 6.99. The Kier molecular flexibility index (Phi) is 4.99. The van der Waals surface area contributed by atoms with E-state index in [1.807, 2.05) is 18.3 Å². The van der Waals surface area contributed by atoms with Crippen LogP contribution in [-0.2, 0) is 9.84 Å². The third-order valence-corrected chi connectivity index (χ3v) is 4.56. The van der Waals surface area contributed by atoms with E-state index in [2.05, 4.69) is 22.1 Å². The number of nitrogens with one attached hydrogen (secondary N) is 1. The highest BCUT2D eigenvalue weighted by atomic mass is 32.2. The van der Waals surface area contributed by atoms with Gasteiger partial charge < -0.3 is 10.2 Å². The molecular formula is C14H23N3O2S. The summed E-state index contributed by atoms with van der Waals surface area (Å²) < 4.78 is 22.3. The summed E-state index contributed by atoms with van der Waals surface area (Å²) in [7, 11) is -2.86. The standard InChI is InChI=1S/C14H23N3O2S/c1-12-3-5-15-14(9-12)16-10-13-4-6-17(11-13)7-8-20(2,18)19/h3,5,9,13H,4,6-8,10-11H2,1-2H3,(H,15,16)/t13-/m0/s1. The lowest BCUT2D eigenvalue weighted by Gasteiger charge is -2.15. The van der Waals surface area contributed by atoms with Gasteiger partial charge in [0.05, 0.1) is 5.75 Å². The summed E-state index contributed by atoms with van der Waals surface area (Å²) in [5.41, 5.74) is 1.20. The van der Waals surface area contributed by atoms with Gasteiger partial charge >= 0.3 is 0 Å². The highest BCUT2D eigenvalue weighted by Crippen LogP contribution is 2.17. The predicted octanol–water partition coefficient (Wildman–Crippen LogP) is 1.17. The minimum Gasteiger partial charge on any atom is -0.370 e. The van der Waals surface area contributed by atoms with Crippen molar-refractivity contribution < 1.29 is 8.42 Å². The molecule has 1 atom stereocenters. The molecule has 2 heterocycles. The number of pyridine rings is 1. The molecule has 0 aliphatic carbocycles. The molecule has 0 bridgehead atoms. The van der Waals surface area contributed by atoms with Gasteiger partial charge in [-0.3, -0.25) is 0 Å². The van der Waals surface area contributed by atoms with E-state index in [4.69, 9.17) is 0 Å². The van der Waals surface area contributed by atoms with Crippen LogP contribution in [0.4, 0.5) is 5.82 Å². The van der Waals surface area contributed by atoms with Gasteiger partial charge in [0.15, 0.2) is 0 Å². The fraction of sp³-hybridized carbons (Fsp3) is 0.643. The van der Waals surface area contributed by atoms with E-state index in [0.29, 0.717) is 12.5 Å². The van der Waals surface area contributed by atoms with Crippen LogP contribution in [0.25, 0.3) is 0 Å². The maximum Gasteiger partial charge on any atom is 0.148 e. The summed E-state index contributed by atoms with van der Waals surface area (Å²) in [6, 6.07) is 4.02.